The lowest BCUT2D eigenvalue weighted by Crippen LogP contribution is -2.34. The van der Waals surface area contributed by atoms with E-state index in [2.05, 4.69) is 20.8 Å². The molecule has 0 radical (unpaired) electrons. The highest BCUT2D eigenvalue weighted by molar-refractivity contribution is 9.10. The number of benzene rings is 1. The Hall–Kier alpha value is -0.0300. The lowest BCUT2D eigenvalue weighted by Gasteiger charge is -2.27. The van der Waals surface area contributed by atoms with Gasteiger partial charge < -0.3 is 10.0 Å². The summed E-state index contributed by atoms with van der Waals surface area (Å²) >= 11 is 5.51. The van der Waals surface area contributed by atoms with Crippen LogP contribution in [0.15, 0.2) is 28.7 Å². The van der Waals surface area contributed by atoms with Crippen molar-refractivity contribution in [3.63, 3.8) is 0 Å². The van der Waals surface area contributed by atoms with E-state index < -0.39 is 0 Å². The van der Waals surface area contributed by atoms with Crippen LogP contribution in [0.1, 0.15) is 18.1 Å². The molecule has 0 aliphatic carbocycles. The van der Waals surface area contributed by atoms with Crippen LogP contribution in [0.2, 0.25) is 0 Å². The number of hydrogen-bond acceptors (Lipinski definition) is 3. The molecule has 1 aliphatic rings. The van der Waals surface area contributed by atoms with Gasteiger partial charge in [-0.15, -0.1) is 0 Å². The standard InChI is InChI=1S/C13H18BrNOS/c14-12-4-2-1-3-11(12)13(16)5-6-15-7-9-17-10-8-15/h1-4,13,16H,5-10H2. The third-order valence-electron chi connectivity index (χ3n) is 3.09. The number of hydrogen-bond donors (Lipinski definition) is 1. The molecule has 94 valence electrons. The molecule has 0 aromatic heterocycles. The fourth-order valence-electron chi connectivity index (χ4n) is 2.03. The second-order valence-corrected chi connectivity index (χ2v) is 6.36. The van der Waals surface area contributed by atoms with Gasteiger partial charge in [0.1, 0.15) is 0 Å². The summed E-state index contributed by atoms with van der Waals surface area (Å²) in [5.74, 6) is 2.45. The van der Waals surface area contributed by atoms with Crippen molar-refractivity contribution >= 4 is 27.7 Å². The van der Waals surface area contributed by atoms with Crippen LogP contribution in [0.25, 0.3) is 0 Å². The number of halogens is 1. The number of rotatable bonds is 4. The Labute approximate surface area is 116 Å². The van der Waals surface area contributed by atoms with Crippen LogP contribution in [-0.2, 0) is 0 Å². The largest absolute Gasteiger partial charge is 0.388 e. The average molecular weight is 316 g/mol. The maximum atomic E-state index is 10.2. The van der Waals surface area contributed by atoms with E-state index in [1.54, 1.807) is 0 Å². The molecule has 17 heavy (non-hydrogen) atoms. The molecule has 1 unspecified atom stereocenters. The highest BCUT2D eigenvalue weighted by Crippen LogP contribution is 2.25. The highest BCUT2D eigenvalue weighted by Gasteiger charge is 2.14. The molecule has 1 fully saturated rings. The van der Waals surface area contributed by atoms with Crippen molar-refractivity contribution in [1.82, 2.24) is 4.90 Å². The van der Waals surface area contributed by atoms with E-state index in [1.807, 2.05) is 36.0 Å². The molecule has 0 saturated carbocycles. The van der Waals surface area contributed by atoms with Gasteiger partial charge in [-0.1, -0.05) is 34.1 Å². The highest BCUT2D eigenvalue weighted by atomic mass is 79.9. The van der Waals surface area contributed by atoms with Crippen molar-refractivity contribution in [2.45, 2.75) is 12.5 Å². The van der Waals surface area contributed by atoms with Gasteiger partial charge in [0.15, 0.2) is 0 Å². The molecule has 2 nitrogen and oxygen atoms in total. The SMILES string of the molecule is OC(CCN1CCSCC1)c1ccccc1Br. The fraction of sp³-hybridized carbons (Fsp3) is 0.538. The van der Waals surface area contributed by atoms with E-state index in [1.165, 1.54) is 11.5 Å². The van der Waals surface area contributed by atoms with Gasteiger partial charge in [0.2, 0.25) is 0 Å². The molecule has 0 amide bonds. The van der Waals surface area contributed by atoms with Crippen molar-refractivity contribution in [3.05, 3.63) is 34.3 Å². The lowest BCUT2D eigenvalue weighted by molar-refractivity contribution is 0.144. The van der Waals surface area contributed by atoms with Crippen LogP contribution >= 0.6 is 27.7 Å². The van der Waals surface area contributed by atoms with Crippen LogP contribution < -0.4 is 0 Å². The minimum Gasteiger partial charge on any atom is -0.388 e. The third kappa shape index (κ3) is 3.98. The molecular formula is C13H18BrNOS. The zero-order chi connectivity index (χ0) is 12.1. The summed E-state index contributed by atoms with van der Waals surface area (Å²) in [5.41, 5.74) is 0.999. The monoisotopic (exact) mass is 315 g/mol. The van der Waals surface area contributed by atoms with Gasteiger partial charge in [-0.05, 0) is 18.1 Å². The van der Waals surface area contributed by atoms with E-state index in [-0.39, 0.29) is 6.10 Å². The van der Waals surface area contributed by atoms with E-state index in [0.29, 0.717) is 0 Å². The maximum absolute atomic E-state index is 10.2. The Balaban J connectivity index is 1.84. The van der Waals surface area contributed by atoms with E-state index >= 15 is 0 Å². The second-order valence-electron chi connectivity index (χ2n) is 4.28. The minimum atomic E-state index is -0.361. The molecule has 0 bridgehead atoms. The minimum absolute atomic E-state index is 0.361. The first kappa shape index (κ1) is 13.4. The summed E-state index contributed by atoms with van der Waals surface area (Å²) < 4.78 is 1.00. The molecule has 2 rings (SSSR count). The summed E-state index contributed by atoms with van der Waals surface area (Å²) in [6.07, 6.45) is 0.452. The molecule has 1 heterocycles. The Morgan fingerprint density at radius 2 is 2.00 bits per heavy atom. The lowest BCUT2D eigenvalue weighted by atomic mass is 10.1. The predicted octanol–water partition coefficient (Wildman–Crippen LogP) is 2.92. The molecule has 1 atom stereocenters. The van der Waals surface area contributed by atoms with Crippen LogP contribution in [0.3, 0.4) is 0 Å². The van der Waals surface area contributed by atoms with Crippen LogP contribution in [0.4, 0.5) is 0 Å². The van der Waals surface area contributed by atoms with E-state index in [4.69, 9.17) is 0 Å². The number of aliphatic hydroxyl groups excluding tert-OH is 1. The maximum Gasteiger partial charge on any atom is 0.0813 e. The molecule has 1 N–H and O–H groups in total. The summed E-state index contributed by atoms with van der Waals surface area (Å²) in [5, 5.41) is 10.2. The van der Waals surface area contributed by atoms with Crippen molar-refractivity contribution in [3.8, 4) is 0 Å². The van der Waals surface area contributed by atoms with Crippen molar-refractivity contribution < 1.29 is 5.11 Å². The Kier molecular flexibility index (Phi) is 5.35. The third-order valence-corrected chi connectivity index (χ3v) is 4.75. The van der Waals surface area contributed by atoms with Crippen molar-refractivity contribution in [1.29, 1.82) is 0 Å². The zero-order valence-corrected chi connectivity index (χ0v) is 12.2. The van der Waals surface area contributed by atoms with Crippen LogP contribution in [0.5, 0.6) is 0 Å². The topological polar surface area (TPSA) is 23.5 Å². The molecule has 4 heteroatoms. The van der Waals surface area contributed by atoms with Gasteiger partial charge in [-0.2, -0.15) is 11.8 Å². The summed E-state index contributed by atoms with van der Waals surface area (Å²) in [4.78, 5) is 2.44. The predicted molar refractivity (Wildman–Crippen MR) is 77.5 cm³/mol. The zero-order valence-electron chi connectivity index (χ0n) is 9.81. The normalized spacial score (nSPS) is 19.2. The first-order valence-corrected chi connectivity index (χ1v) is 7.95. The van der Waals surface area contributed by atoms with E-state index in [9.17, 15) is 5.11 Å². The number of nitrogens with zero attached hydrogens (tertiary/aromatic N) is 1. The summed E-state index contributed by atoms with van der Waals surface area (Å²) in [7, 11) is 0. The Morgan fingerprint density at radius 1 is 1.29 bits per heavy atom. The van der Waals surface area contributed by atoms with Gasteiger partial charge >= 0.3 is 0 Å². The fourth-order valence-corrected chi connectivity index (χ4v) is 3.56. The molecule has 1 aromatic rings. The molecule has 1 aromatic carbocycles. The van der Waals surface area contributed by atoms with Gasteiger partial charge in [0.05, 0.1) is 6.10 Å². The van der Waals surface area contributed by atoms with Crippen molar-refractivity contribution in [2.75, 3.05) is 31.1 Å². The van der Waals surface area contributed by atoms with Crippen LogP contribution in [-0.4, -0.2) is 41.1 Å². The smallest absolute Gasteiger partial charge is 0.0813 e. The summed E-state index contributed by atoms with van der Waals surface area (Å²) in [6, 6.07) is 7.92. The Morgan fingerprint density at radius 3 is 2.71 bits per heavy atom. The molecule has 0 spiro atoms. The first-order chi connectivity index (χ1) is 8.27. The van der Waals surface area contributed by atoms with Crippen molar-refractivity contribution in [2.24, 2.45) is 0 Å². The van der Waals surface area contributed by atoms with Gasteiger partial charge in [-0.3, -0.25) is 0 Å². The molecular weight excluding hydrogens is 298 g/mol. The Bertz CT molecular complexity index is 355. The van der Waals surface area contributed by atoms with Gasteiger partial charge in [0, 0.05) is 35.6 Å². The first-order valence-electron chi connectivity index (χ1n) is 6.00. The summed E-state index contributed by atoms with van der Waals surface area (Å²) in [6.45, 7) is 3.31. The quantitative estimate of drug-likeness (QED) is 0.924. The van der Waals surface area contributed by atoms with Crippen LogP contribution in [0, 0.1) is 0 Å². The second kappa shape index (κ2) is 6.78. The van der Waals surface area contributed by atoms with E-state index in [0.717, 1.165) is 36.1 Å². The van der Waals surface area contributed by atoms with Gasteiger partial charge in [-0.25, -0.2) is 0 Å². The number of aliphatic hydroxyl groups is 1. The van der Waals surface area contributed by atoms with Gasteiger partial charge in [0.25, 0.3) is 0 Å². The number of thioether (sulfide) groups is 1. The molecule has 1 aliphatic heterocycles. The average Bonchev–Trinajstić information content (AvgIpc) is 2.38. The molecule has 1 saturated heterocycles.